The van der Waals surface area contributed by atoms with Crippen LogP contribution in [-0.2, 0) is 11.2 Å². The molecule has 1 N–H and O–H groups in total. The van der Waals surface area contributed by atoms with Crippen LogP contribution in [0.3, 0.4) is 0 Å². The van der Waals surface area contributed by atoms with Crippen LogP contribution in [0.25, 0.3) is 0 Å². The van der Waals surface area contributed by atoms with Gasteiger partial charge in [0.05, 0.1) is 13.3 Å². The minimum Gasteiger partial charge on any atom is -0.464 e. The molecule has 0 aliphatic carbocycles. The minimum atomic E-state index is -0.468. The maximum atomic E-state index is 13.4. The van der Waals surface area contributed by atoms with Crippen LogP contribution in [-0.4, -0.2) is 23.0 Å². The van der Waals surface area contributed by atoms with Crippen molar-refractivity contribution in [3.63, 3.8) is 0 Å². The van der Waals surface area contributed by atoms with Crippen LogP contribution in [0, 0.1) is 12.7 Å². The number of aromatic amines is 1. The fraction of sp³-hybridized carbons (Fsp3) is 0.231. The predicted octanol–water partition coefficient (Wildman–Crippen LogP) is 2.23. The summed E-state index contributed by atoms with van der Waals surface area (Å²) in [4.78, 5) is 18.2. The molecule has 1 aromatic heterocycles. The van der Waals surface area contributed by atoms with Gasteiger partial charge in [-0.25, -0.2) is 14.2 Å². The van der Waals surface area contributed by atoms with Crippen LogP contribution in [0.1, 0.15) is 27.4 Å². The summed E-state index contributed by atoms with van der Waals surface area (Å²) in [5.41, 5.74) is 1.72. The number of ether oxygens (including phenoxy) is 1. The summed E-state index contributed by atoms with van der Waals surface area (Å²) in [5.74, 6) is -0.110. The van der Waals surface area contributed by atoms with E-state index >= 15 is 0 Å². The number of aromatic nitrogens is 2. The lowest BCUT2D eigenvalue weighted by molar-refractivity contribution is 0.0594. The first-order chi connectivity index (χ1) is 8.61. The van der Waals surface area contributed by atoms with E-state index in [1.807, 2.05) is 6.07 Å². The number of halogens is 1. The van der Waals surface area contributed by atoms with Crippen LogP contribution in [0.4, 0.5) is 4.39 Å². The molecule has 5 heteroatoms. The molecule has 0 fully saturated rings. The molecule has 18 heavy (non-hydrogen) atoms. The van der Waals surface area contributed by atoms with Gasteiger partial charge in [-0.15, -0.1) is 0 Å². The van der Waals surface area contributed by atoms with Gasteiger partial charge in [0.25, 0.3) is 0 Å². The van der Waals surface area contributed by atoms with E-state index in [1.54, 1.807) is 13.0 Å². The lowest BCUT2D eigenvalue weighted by Gasteiger charge is -2.04. The molecule has 0 amide bonds. The maximum absolute atomic E-state index is 13.4. The zero-order chi connectivity index (χ0) is 13.1. The van der Waals surface area contributed by atoms with Crippen molar-refractivity contribution in [1.82, 2.24) is 9.97 Å². The van der Waals surface area contributed by atoms with E-state index in [1.165, 1.54) is 19.4 Å². The summed E-state index contributed by atoms with van der Waals surface area (Å²) in [6.07, 6.45) is 1.86. The lowest BCUT2D eigenvalue weighted by Crippen LogP contribution is -2.02. The van der Waals surface area contributed by atoms with Crippen molar-refractivity contribution in [3.05, 3.63) is 52.9 Å². The Morgan fingerprint density at radius 2 is 2.28 bits per heavy atom. The summed E-state index contributed by atoms with van der Waals surface area (Å²) in [6.45, 7) is 1.72. The van der Waals surface area contributed by atoms with Gasteiger partial charge in [-0.05, 0) is 24.1 Å². The largest absolute Gasteiger partial charge is 0.464 e. The Bertz CT molecular complexity index is 578. The summed E-state index contributed by atoms with van der Waals surface area (Å²) in [6, 6.07) is 4.90. The molecule has 0 atom stereocenters. The zero-order valence-electron chi connectivity index (χ0n) is 10.2. The maximum Gasteiger partial charge on any atom is 0.356 e. The molecule has 1 aromatic carbocycles. The minimum absolute atomic E-state index is 0.243. The van der Waals surface area contributed by atoms with Crippen LogP contribution in [0.5, 0.6) is 0 Å². The van der Waals surface area contributed by atoms with E-state index in [9.17, 15) is 9.18 Å². The molecule has 0 saturated heterocycles. The molecule has 0 bridgehead atoms. The summed E-state index contributed by atoms with van der Waals surface area (Å²) in [5, 5.41) is 0. The molecule has 2 aromatic rings. The standard InChI is InChI=1S/C13H13FN2O2/c1-8-9(4-3-5-10(8)14)6-12-15-7-11(16-12)13(17)18-2/h3-5,7H,6H2,1-2H3,(H,15,16). The second-order valence-corrected chi connectivity index (χ2v) is 3.94. The van der Waals surface area contributed by atoms with Crippen molar-refractivity contribution in [2.45, 2.75) is 13.3 Å². The quantitative estimate of drug-likeness (QED) is 0.847. The number of carbonyl (C=O) groups excluding carboxylic acids is 1. The van der Waals surface area contributed by atoms with Gasteiger partial charge in [0.2, 0.25) is 0 Å². The van der Waals surface area contributed by atoms with Gasteiger partial charge in [0, 0.05) is 6.42 Å². The van der Waals surface area contributed by atoms with E-state index in [4.69, 9.17) is 0 Å². The third kappa shape index (κ3) is 2.40. The van der Waals surface area contributed by atoms with Gasteiger partial charge in [-0.1, -0.05) is 12.1 Å². The first-order valence-corrected chi connectivity index (χ1v) is 5.48. The van der Waals surface area contributed by atoms with Crippen molar-refractivity contribution in [3.8, 4) is 0 Å². The van der Waals surface area contributed by atoms with Crippen LogP contribution in [0.2, 0.25) is 0 Å². The Hall–Kier alpha value is -2.17. The summed E-state index contributed by atoms with van der Waals surface area (Å²) >= 11 is 0. The highest BCUT2D eigenvalue weighted by Crippen LogP contribution is 2.15. The van der Waals surface area contributed by atoms with Crippen molar-refractivity contribution in [1.29, 1.82) is 0 Å². The van der Waals surface area contributed by atoms with Crippen LogP contribution < -0.4 is 0 Å². The third-order valence-corrected chi connectivity index (χ3v) is 2.77. The number of hydrogen-bond donors (Lipinski definition) is 1. The molecule has 2 rings (SSSR count). The molecule has 1 heterocycles. The van der Waals surface area contributed by atoms with Crippen LogP contribution in [0.15, 0.2) is 24.4 Å². The van der Waals surface area contributed by atoms with Gasteiger partial charge in [-0.3, -0.25) is 0 Å². The van der Waals surface area contributed by atoms with Crippen molar-refractivity contribution >= 4 is 5.97 Å². The number of imidazole rings is 1. The summed E-state index contributed by atoms with van der Waals surface area (Å²) < 4.78 is 17.9. The monoisotopic (exact) mass is 248 g/mol. The number of hydrogen-bond acceptors (Lipinski definition) is 3. The van der Waals surface area contributed by atoms with E-state index in [-0.39, 0.29) is 5.82 Å². The SMILES string of the molecule is COC(=O)c1cnc(Cc2cccc(F)c2C)[nH]1. The molecule has 0 spiro atoms. The van der Waals surface area contributed by atoms with Crippen LogP contribution >= 0.6 is 0 Å². The van der Waals surface area contributed by atoms with E-state index in [0.29, 0.717) is 23.5 Å². The van der Waals surface area contributed by atoms with Crippen molar-refractivity contribution in [2.24, 2.45) is 0 Å². The first kappa shape index (κ1) is 12.3. The van der Waals surface area contributed by atoms with Crippen molar-refractivity contribution in [2.75, 3.05) is 7.11 Å². The van der Waals surface area contributed by atoms with Gasteiger partial charge in [0.1, 0.15) is 17.3 Å². The van der Waals surface area contributed by atoms with Gasteiger partial charge in [-0.2, -0.15) is 0 Å². The first-order valence-electron chi connectivity index (χ1n) is 5.48. The fourth-order valence-corrected chi connectivity index (χ4v) is 1.69. The van der Waals surface area contributed by atoms with E-state index < -0.39 is 5.97 Å². The third-order valence-electron chi connectivity index (χ3n) is 2.77. The number of benzene rings is 1. The number of carbonyl (C=O) groups is 1. The Morgan fingerprint density at radius 1 is 1.50 bits per heavy atom. The number of H-pyrrole nitrogens is 1. The number of nitrogens with zero attached hydrogens (tertiary/aromatic N) is 1. The molecule has 0 radical (unpaired) electrons. The molecule has 94 valence electrons. The smallest absolute Gasteiger partial charge is 0.356 e. The van der Waals surface area contributed by atoms with Gasteiger partial charge < -0.3 is 9.72 Å². The Kier molecular flexibility index (Phi) is 3.41. The fourth-order valence-electron chi connectivity index (χ4n) is 1.69. The number of nitrogens with one attached hydrogen (secondary N) is 1. The molecular weight excluding hydrogens is 235 g/mol. The zero-order valence-corrected chi connectivity index (χ0v) is 10.2. The Morgan fingerprint density at radius 3 is 3.00 bits per heavy atom. The topological polar surface area (TPSA) is 55.0 Å². The van der Waals surface area contributed by atoms with E-state index in [2.05, 4.69) is 14.7 Å². The predicted molar refractivity (Wildman–Crippen MR) is 63.9 cm³/mol. The average Bonchev–Trinajstić information content (AvgIpc) is 2.82. The molecule has 0 saturated carbocycles. The molecule has 4 nitrogen and oxygen atoms in total. The van der Waals surface area contributed by atoms with Gasteiger partial charge in [0.15, 0.2) is 0 Å². The second-order valence-electron chi connectivity index (χ2n) is 3.94. The summed E-state index contributed by atoms with van der Waals surface area (Å²) in [7, 11) is 1.31. The number of methoxy groups -OCH3 is 1. The van der Waals surface area contributed by atoms with Gasteiger partial charge >= 0.3 is 5.97 Å². The normalized spacial score (nSPS) is 10.4. The Balaban J connectivity index is 2.21. The Labute approximate surface area is 104 Å². The number of esters is 1. The molecule has 0 unspecified atom stereocenters. The lowest BCUT2D eigenvalue weighted by atomic mass is 10.1. The highest BCUT2D eigenvalue weighted by molar-refractivity contribution is 5.86. The number of rotatable bonds is 3. The van der Waals surface area contributed by atoms with E-state index in [0.717, 1.165) is 5.56 Å². The second kappa shape index (κ2) is 5.00. The molecule has 0 aliphatic heterocycles. The van der Waals surface area contributed by atoms with Crippen molar-refractivity contribution < 1.29 is 13.9 Å². The average molecular weight is 248 g/mol. The highest BCUT2D eigenvalue weighted by atomic mass is 19.1. The molecular formula is C13H13FN2O2. The highest BCUT2D eigenvalue weighted by Gasteiger charge is 2.11. The molecule has 0 aliphatic rings.